The molecule has 0 saturated heterocycles. The van der Waals surface area contributed by atoms with Crippen LogP contribution in [-0.4, -0.2) is 27.6 Å². The van der Waals surface area contributed by atoms with E-state index >= 15 is 0 Å². The Balaban J connectivity index is 0.000000256. The van der Waals surface area contributed by atoms with Crippen LogP contribution in [0.4, 0.5) is 0 Å². The van der Waals surface area contributed by atoms with E-state index in [1.807, 2.05) is 26.8 Å². The number of aryl methyl sites for hydroxylation is 1. The Morgan fingerprint density at radius 1 is 0.725 bits per heavy atom. The van der Waals surface area contributed by atoms with Gasteiger partial charge in [-0.25, -0.2) is 0 Å². The van der Waals surface area contributed by atoms with Gasteiger partial charge < -0.3 is 19.0 Å². The SMILES string of the molecule is CC(C)c1cc(-c2ccc(-c3ccccc3)cc2)cc(C(C)C)c1-n1c(-c2[c-]ccc3c2oc2cc([Si](C)(C)C)ccc23)nc2ccccc21.[2H]C([2H])([2H])c1ccc(-c2ccc(C([2H])([2H])C(C)(C)C)cn2)[c-]n1.[Ir]. The van der Waals surface area contributed by atoms with Crippen LogP contribution in [-0.2, 0) is 26.5 Å². The van der Waals surface area contributed by atoms with Gasteiger partial charge in [-0.2, -0.15) is 0 Å². The molecule has 7 heteroatoms. The molecule has 0 unspecified atom stereocenters. The topological polar surface area (TPSA) is 56.7 Å². The van der Waals surface area contributed by atoms with Crippen molar-refractivity contribution in [3.05, 3.63) is 186 Å². The predicted molar refractivity (Wildman–Crippen MR) is 289 cm³/mol. The molecule has 1 radical (unpaired) electrons. The molecule has 351 valence electrons. The molecule has 10 aromatic rings. The van der Waals surface area contributed by atoms with Gasteiger partial charge in [0.15, 0.2) is 0 Å². The second kappa shape index (κ2) is 20.0. The standard InChI is InChI=1S/C46H43N2OSi.C16H19N2.Ir/c1-29(2)39-26-34(33-22-20-32(21-23-33)31-14-9-8-10-15-31)27-40(30(3)4)44(39)48-42-19-12-11-18-41(42)47-46(48)38-17-13-16-37-36-25-24-35(50(5,6)7)28-43(36)49-45(37)38;1-12-5-7-14(11-17-12)15-8-6-13(10-18-15)9-16(2,3)4;/h8-16,18-30H,1-7H3;5-8,10H,9H2,1-4H3;/q2*-1;/i;1D3,9D2;. The molecular formula is C62H62IrN4OSi-2. The second-order valence-electron chi connectivity index (χ2n) is 20.3. The minimum Gasteiger partial charge on any atom is -0.501 e. The van der Waals surface area contributed by atoms with Crippen LogP contribution in [0.5, 0.6) is 0 Å². The van der Waals surface area contributed by atoms with E-state index in [9.17, 15) is 0 Å². The fourth-order valence-electron chi connectivity index (χ4n) is 8.83. The van der Waals surface area contributed by atoms with Gasteiger partial charge in [0.1, 0.15) is 5.58 Å². The molecule has 6 aromatic carbocycles. The minimum absolute atomic E-state index is 0. The molecule has 0 aliphatic rings. The van der Waals surface area contributed by atoms with E-state index in [1.54, 1.807) is 18.2 Å². The molecule has 10 rings (SSSR count). The number of fused-ring (bicyclic) bond motifs is 4. The van der Waals surface area contributed by atoms with E-state index < -0.39 is 26.7 Å². The van der Waals surface area contributed by atoms with Gasteiger partial charge in [-0.3, -0.25) is 4.98 Å². The van der Waals surface area contributed by atoms with Crippen LogP contribution in [0.1, 0.15) is 89.5 Å². The number of pyridine rings is 2. The maximum Gasteiger partial charge on any atom is 0.120 e. The number of hydrogen-bond donors (Lipinski definition) is 0. The van der Waals surface area contributed by atoms with Crippen LogP contribution in [0.2, 0.25) is 19.6 Å². The van der Waals surface area contributed by atoms with Crippen molar-refractivity contribution in [2.75, 3.05) is 0 Å². The normalized spacial score (nSPS) is 13.4. The van der Waals surface area contributed by atoms with E-state index in [4.69, 9.17) is 16.3 Å². The molecule has 0 aliphatic carbocycles. The zero-order chi connectivity index (χ0) is 52.2. The molecule has 0 spiro atoms. The van der Waals surface area contributed by atoms with Crippen molar-refractivity contribution in [2.24, 2.45) is 5.41 Å². The van der Waals surface area contributed by atoms with Crippen molar-refractivity contribution in [1.29, 1.82) is 0 Å². The Labute approximate surface area is 430 Å². The van der Waals surface area contributed by atoms with Crippen molar-refractivity contribution in [3.8, 4) is 50.6 Å². The molecule has 0 atom stereocenters. The number of imidazole rings is 1. The Kier molecular flexibility index (Phi) is 12.4. The Hall–Kier alpha value is -6.24. The van der Waals surface area contributed by atoms with Gasteiger partial charge in [-0.05, 0) is 110 Å². The zero-order valence-electron chi connectivity index (χ0n) is 46.1. The van der Waals surface area contributed by atoms with Crippen LogP contribution >= 0.6 is 0 Å². The van der Waals surface area contributed by atoms with Crippen LogP contribution in [0, 0.1) is 24.5 Å². The number of furan rings is 1. The third-order valence-electron chi connectivity index (χ3n) is 12.3. The first-order valence-electron chi connectivity index (χ1n) is 26.1. The number of hydrogen-bond acceptors (Lipinski definition) is 4. The largest absolute Gasteiger partial charge is 0.501 e. The van der Waals surface area contributed by atoms with E-state index in [0.717, 1.165) is 44.4 Å². The summed E-state index contributed by atoms with van der Waals surface area (Å²) in [5.41, 5.74) is 14.4. The summed E-state index contributed by atoms with van der Waals surface area (Å²) >= 11 is 0. The van der Waals surface area contributed by atoms with Crippen LogP contribution in [0.25, 0.3) is 83.6 Å². The summed E-state index contributed by atoms with van der Waals surface area (Å²) in [6.07, 6.45) is 2.68. The molecule has 0 amide bonds. The third-order valence-corrected chi connectivity index (χ3v) is 14.4. The molecule has 0 aliphatic heterocycles. The Morgan fingerprint density at radius 3 is 2.00 bits per heavy atom. The summed E-state index contributed by atoms with van der Waals surface area (Å²) in [4.78, 5) is 13.4. The predicted octanol–water partition coefficient (Wildman–Crippen LogP) is 16.4. The molecule has 4 aromatic heterocycles. The minimum atomic E-state index is -2.25. The van der Waals surface area contributed by atoms with Gasteiger partial charge in [-0.1, -0.05) is 182 Å². The number of benzene rings is 6. The zero-order valence-corrected chi connectivity index (χ0v) is 44.5. The van der Waals surface area contributed by atoms with Gasteiger partial charge in [0.05, 0.1) is 30.5 Å². The third kappa shape index (κ3) is 10.5. The fourth-order valence-corrected chi connectivity index (χ4v) is 9.97. The summed E-state index contributed by atoms with van der Waals surface area (Å²) < 4.78 is 47.5. The van der Waals surface area contributed by atoms with Gasteiger partial charge >= 0.3 is 0 Å². The summed E-state index contributed by atoms with van der Waals surface area (Å²) in [5, 5.41) is 3.62. The summed E-state index contributed by atoms with van der Waals surface area (Å²) in [6, 6.07) is 53.8. The molecule has 0 N–H and O–H groups in total. The first-order chi connectivity index (χ1) is 34.5. The van der Waals surface area contributed by atoms with Crippen LogP contribution in [0.3, 0.4) is 0 Å². The number of para-hydroxylation sites is 2. The summed E-state index contributed by atoms with van der Waals surface area (Å²) in [7, 11) is -1.52. The van der Waals surface area contributed by atoms with Crippen molar-refractivity contribution >= 4 is 46.2 Å². The van der Waals surface area contributed by atoms with Crippen LogP contribution in [0.15, 0.2) is 156 Å². The second-order valence-corrected chi connectivity index (χ2v) is 25.4. The fraction of sp³-hybridized carbons (Fsp3) is 0.242. The molecule has 5 nitrogen and oxygen atoms in total. The molecule has 0 bridgehead atoms. The average Bonchev–Trinajstić information content (AvgIpc) is 3.94. The van der Waals surface area contributed by atoms with Gasteiger partial charge in [0.2, 0.25) is 0 Å². The average molecular weight is 1100 g/mol. The molecular weight excluding hydrogens is 1040 g/mol. The van der Waals surface area contributed by atoms with Gasteiger partial charge in [0, 0.05) is 44.2 Å². The van der Waals surface area contributed by atoms with Gasteiger partial charge in [0.25, 0.3) is 0 Å². The van der Waals surface area contributed by atoms with E-state index in [-0.39, 0.29) is 37.6 Å². The summed E-state index contributed by atoms with van der Waals surface area (Å²) in [6.45, 7) is 19.6. The van der Waals surface area contributed by atoms with Crippen molar-refractivity contribution in [3.63, 3.8) is 0 Å². The van der Waals surface area contributed by atoms with Crippen LogP contribution < -0.4 is 5.19 Å². The van der Waals surface area contributed by atoms with E-state index in [2.05, 4.69) is 189 Å². The number of nitrogens with zero attached hydrogens (tertiary/aromatic N) is 4. The van der Waals surface area contributed by atoms with Crippen molar-refractivity contribution in [1.82, 2.24) is 19.5 Å². The number of aromatic nitrogens is 4. The Morgan fingerprint density at radius 2 is 1.39 bits per heavy atom. The van der Waals surface area contributed by atoms with Gasteiger partial charge in [-0.15, -0.1) is 35.9 Å². The first-order valence-corrected chi connectivity index (χ1v) is 27.1. The molecule has 4 heterocycles. The van der Waals surface area contributed by atoms with Crippen molar-refractivity contribution < 1.29 is 31.4 Å². The molecule has 0 fully saturated rings. The number of rotatable bonds is 9. The van der Waals surface area contributed by atoms with Crippen molar-refractivity contribution in [2.45, 2.75) is 93.2 Å². The maximum atomic E-state index is 8.23. The van der Waals surface area contributed by atoms with E-state index in [1.165, 1.54) is 56.5 Å². The smallest absolute Gasteiger partial charge is 0.120 e. The Bertz CT molecular complexity index is 3560. The monoisotopic (exact) mass is 1100 g/mol. The molecule has 0 saturated carbocycles. The first kappa shape index (κ1) is 42.8. The summed E-state index contributed by atoms with van der Waals surface area (Å²) in [5.74, 6) is 1.39. The molecule has 69 heavy (non-hydrogen) atoms. The maximum absolute atomic E-state index is 8.23. The quantitative estimate of drug-likeness (QED) is 0.107. The van der Waals surface area contributed by atoms with E-state index in [0.29, 0.717) is 16.8 Å².